The van der Waals surface area contributed by atoms with Gasteiger partial charge in [-0.2, -0.15) is 0 Å². The molecule has 0 amide bonds. The van der Waals surface area contributed by atoms with Crippen LogP contribution in [-0.2, 0) is 14.9 Å². The quantitative estimate of drug-likeness (QED) is 0.880. The summed E-state index contributed by atoms with van der Waals surface area (Å²) in [5.41, 5.74) is -0.0148. The number of nitrogens with zero attached hydrogens (tertiary/aromatic N) is 1. The molecule has 1 aromatic heterocycles. The van der Waals surface area contributed by atoms with Gasteiger partial charge in [0.15, 0.2) is 6.10 Å². The highest BCUT2D eigenvalue weighted by Gasteiger charge is 2.38. The Morgan fingerprint density at radius 2 is 2.25 bits per heavy atom. The molecular formula is C11H14ClNO3. The number of methoxy groups -OCH3 is 1. The van der Waals surface area contributed by atoms with Gasteiger partial charge in [0.05, 0.1) is 5.02 Å². The zero-order valence-corrected chi connectivity index (χ0v) is 10.2. The second-order valence-electron chi connectivity index (χ2n) is 4.03. The number of halogens is 1. The summed E-state index contributed by atoms with van der Waals surface area (Å²) in [7, 11) is 1.37. The Morgan fingerprint density at radius 3 is 2.69 bits per heavy atom. The summed E-state index contributed by atoms with van der Waals surface area (Å²) in [6.45, 7) is 3.55. The van der Waals surface area contributed by atoms with Crippen LogP contribution in [0.3, 0.4) is 0 Å². The van der Waals surface area contributed by atoms with E-state index in [1.807, 2.05) is 0 Å². The maximum atomic E-state index is 11.1. The Morgan fingerprint density at radius 1 is 1.62 bits per heavy atom. The van der Waals surface area contributed by atoms with Gasteiger partial charge in [-0.1, -0.05) is 25.4 Å². The monoisotopic (exact) mass is 243 g/mol. The van der Waals surface area contributed by atoms with Crippen LogP contribution in [0.2, 0.25) is 5.02 Å². The molecule has 1 rings (SSSR count). The fraction of sp³-hybridized carbons (Fsp3) is 0.455. The number of aromatic nitrogens is 1. The molecule has 0 aromatic carbocycles. The molecule has 1 heterocycles. The molecule has 0 fully saturated rings. The highest BCUT2D eigenvalue weighted by molar-refractivity contribution is 6.31. The lowest BCUT2D eigenvalue weighted by atomic mass is 9.79. The standard InChI is InChI=1S/C11H14ClNO3/c1-11(2,9(16-3)10(14)15)7-4-5-13-6-8(7)12/h4-6,9H,1-3H3,(H,14,15). The number of rotatable bonds is 4. The van der Waals surface area contributed by atoms with Crippen molar-refractivity contribution < 1.29 is 14.6 Å². The van der Waals surface area contributed by atoms with Crippen molar-refractivity contribution in [1.29, 1.82) is 0 Å². The van der Waals surface area contributed by atoms with Gasteiger partial charge in [0.1, 0.15) is 0 Å². The van der Waals surface area contributed by atoms with E-state index in [2.05, 4.69) is 4.98 Å². The number of hydrogen-bond acceptors (Lipinski definition) is 3. The molecule has 1 aromatic rings. The first-order valence-electron chi connectivity index (χ1n) is 4.77. The van der Waals surface area contributed by atoms with Gasteiger partial charge in [-0.25, -0.2) is 4.79 Å². The molecule has 0 spiro atoms. The van der Waals surface area contributed by atoms with Crippen LogP contribution in [0.25, 0.3) is 0 Å². The Balaban J connectivity index is 3.19. The predicted octanol–water partition coefficient (Wildman–Crippen LogP) is 2.11. The zero-order chi connectivity index (χ0) is 12.3. The minimum atomic E-state index is -1.01. The Labute approximate surface area is 99.2 Å². The van der Waals surface area contributed by atoms with Gasteiger partial charge in [0.2, 0.25) is 0 Å². The van der Waals surface area contributed by atoms with Crippen LogP contribution in [0.15, 0.2) is 18.5 Å². The highest BCUT2D eigenvalue weighted by atomic mass is 35.5. The largest absolute Gasteiger partial charge is 0.479 e. The molecule has 16 heavy (non-hydrogen) atoms. The molecule has 1 N–H and O–H groups in total. The maximum Gasteiger partial charge on any atom is 0.333 e. The second-order valence-corrected chi connectivity index (χ2v) is 4.44. The molecule has 0 aliphatic heterocycles. The molecule has 0 radical (unpaired) electrons. The zero-order valence-electron chi connectivity index (χ0n) is 9.40. The third-order valence-electron chi connectivity index (χ3n) is 2.58. The summed E-state index contributed by atoms with van der Waals surface area (Å²) in [6.07, 6.45) is 2.12. The molecule has 0 aliphatic carbocycles. The minimum absolute atomic E-state index is 0.441. The third-order valence-corrected chi connectivity index (χ3v) is 2.88. The maximum absolute atomic E-state index is 11.1. The van der Waals surface area contributed by atoms with E-state index in [-0.39, 0.29) is 0 Å². The SMILES string of the molecule is COC(C(=O)O)C(C)(C)c1ccncc1Cl. The van der Waals surface area contributed by atoms with Crippen molar-refractivity contribution in [2.45, 2.75) is 25.4 Å². The van der Waals surface area contributed by atoms with E-state index in [0.29, 0.717) is 10.6 Å². The third kappa shape index (κ3) is 2.33. The van der Waals surface area contributed by atoms with Crippen molar-refractivity contribution in [3.8, 4) is 0 Å². The highest BCUT2D eigenvalue weighted by Crippen LogP contribution is 2.33. The Kier molecular flexibility index (Phi) is 3.88. The van der Waals surface area contributed by atoms with Crippen LogP contribution in [0.1, 0.15) is 19.4 Å². The summed E-state index contributed by atoms with van der Waals surface area (Å²) in [5, 5.41) is 9.52. The van der Waals surface area contributed by atoms with Gasteiger partial charge in [-0.15, -0.1) is 0 Å². The molecule has 4 nitrogen and oxygen atoms in total. The average Bonchev–Trinajstić information content (AvgIpc) is 2.17. The molecule has 0 saturated carbocycles. The van der Waals surface area contributed by atoms with Gasteiger partial charge in [0.25, 0.3) is 0 Å². The van der Waals surface area contributed by atoms with Crippen LogP contribution in [0.4, 0.5) is 0 Å². The summed E-state index contributed by atoms with van der Waals surface area (Å²) >= 11 is 6.00. The van der Waals surface area contributed by atoms with E-state index in [4.69, 9.17) is 21.4 Å². The topological polar surface area (TPSA) is 59.4 Å². The number of carbonyl (C=O) groups is 1. The van der Waals surface area contributed by atoms with Gasteiger partial charge >= 0.3 is 5.97 Å². The van der Waals surface area contributed by atoms with Gasteiger partial charge in [-0.3, -0.25) is 4.98 Å². The molecule has 0 bridgehead atoms. The van der Waals surface area contributed by atoms with Gasteiger partial charge < -0.3 is 9.84 Å². The van der Waals surface area contributed by atoms with Crippen molar-refractivity contribution in [1.82, 2.24) is 4.98 Å². The fourth-order valence-electron chi connectivity index (χ4n) is 1.74. The van der Waals surface area contributed by atoms with Crippen LogP contribution in [0, 0.1) is 0 Å². The number of aliphatic carboxylic acids is 1. The number of pyridine rings is 1. The van der Waals surface area contributed by atoms with Crippen molar-refractivity contribution in [2.24, 2.45) is 0 Å². The molecule has 0 aliphatic rings. The smallest absolute Gasteiger partial charge is 0.333 e. The minimum Gasteiger partial charge on any atom is -0.479 e. The van der Waals surface area contributed by atoms with Crippen LogP contribution in [0.5, 0.6) is 0 Å². The second kappa shape index (κ2) is 4.80. The van der Waals surface area contributed by atoms with Crippen molar-refractivity contribution in [3.63, 3.8) is 0 Å². The van der Waals surface area contributed by atoms with E-state index >= 15 is 0 Å². The predicted molar refractivity (Wildman–Crippen MR) is 60.7 cm³/mol. The summed E-state index contributed by atoms with van der Waals surface area (Å²) in [4.78, 5) is 14.9. The normalized spacial score (nSPS) is 13.5. The summed E-state index contributed by atoms with van der Waals surface area (Å²) < 4.78 is 5.01. The lowest BCUT2D eigenvalue weighted by molar-refractivity contribution is -0.152. The van der Waals surface area contributed by atoms with Crippen LogP contribution >= 0.6 is 11.6 Å². The summed E-state index contributed by atoms with van der Waals surface area (Å²) in [5.74, 6) is -1.01. The van der Waals surface area contributed by atoms with Crippen LogP contribution < -0.4 is 0 Å². The van der Waals surface area contributed by atoms with Crippen molar-refractivity contribution >= 4 is 17.6 Å². The lowest BCUT2D eigenvalue weighted by Gasteiger charge is -2.31. The molecular weight excluding hydrogens is 230 g/mol. The number of ether oxygens (including phenoxy) is 1. The first-order chi connectivity index (χ1) is 7.41. The molecule has 1 unspecified atom stereocenters. The molecule has 5 heteroatoms. The van der Waals surface area contributed by atoms with E-state index < -0.39 is 17.5 Å². The first kappa shape index (κ1) is 12.9. The van der Waals surface area contributed by atoms with Crippen LogP contribution in [-0.4, -0.2) is 29.3 Å². The molecule has 88 valence electrons. The van der Waals surface area contributed by atoms with E-state index in [9.17, 15) is 4.79 Å². The fourth-order valence-corrected chi connectivity index (χ4v) is 2.11. The Hall–Kier alpha value is -1.13. The average molecular weight is 244 g/mol. The lowest BCUT2D eigenvalue weighted by Crippen LogP contribution is -2.41. The molecule has 0 saturated heterocycles. The first-order valence-corrected chi connectivity index (χ1v) is 5.14. The van der Waals surface area contributed by atoms with Crippen molar-refractivity contribution in [2.75, 3.05) is 7.11 Å². The number of carboxylic acids is 1. The number of carboxylic acid groups (broad SMARTS) is 1. The van der Waals surface area contributed by atoms with Crippen molar-refractivity contribution in [3.05, 3.63) is 29.0 Å². The van der Waals surface area contributed by atoms with Gasteiger partial charge in [-0.05, 0) is 11.6 Å². The summed E-state index contributed by atoms with van der Waals surface area (Å²) in [6, 6.07) is 1.71. The van der Waals surface area contributed by atoms with E-state index in [1.54, 1.807) is 26.1 Å². The van der Waals surface area contributed by atoms with Gasteiger partial charge in [0, 0.05) is 24.9 Å². The van der Waals surface area contributed by atoms with E-state index in [0.717, 1.165) is 0 Å². The molecule has 1 atom stereocenters. The Bertz CT molecular complexity index is 393. The number of hydrogen-bond donors (Lipinski definition) is 1. The van der Waals surface area contributed by atoms with E-state index in [1.165, 1.54) is 13.3 Å².